The van der Waals surface area contributed by atoms with Crippen LogP contribution in [0.3, 0.4) is 0 Å². The van der Waals surface area contributed by atoms with Gasteiger partial charge in [0.1, 0.15) is 17.7 Å². The van der Waals surface area contributed by atoms with Gasteiger partial charge in [-0.3, -0.25) is 4.79 Å². The summed E-state index contributed by atoms with van der Waals surface area (Å²) in [5.74, 6) is -1.08. The van der Waals surface area contributed by atoms with E-state index in [0.29, 0.717) is 24.1 Å². The number of nitrogens with two attached hydrogens (primary N) is 1. The first kappa shape index (κ1) is 19.5. The van der Waals surface area contributed by atoms with E-state index >= 15 is 0 Å². The lowest BCUT2D eigenvalue weighted by atomic mass is 10.0. The monoisotopic (exact) mass is 356 g/mol. The Morgan fingerprint density at radius 1 is 1.35 bits per heavy atom. The fourth-order valence-corrected chi connectivity index (χ4v) is 2.49. The molecule has 1 aliphatic carbocycles. The molecule has 3 N–H and O–H groups in total. The van der Waals surface area contributed by atoms with E-state index in [1.54, 1.807) is 6.92 Å². The number of benzene rings is 1. The van der Waals surface area contributed by atoms with Crippen molar-refractivity contribution in [1.29, 1.82) is 0 Å². The highest BCUT2D eigenvalue weighted by molar-refractivity contribution is 5.83. The van der Waals surface area contributed by atoms with Crippen LogP contribution in [-0.4, -0.2) is 12.5 Å². The first-order chi connectivity index (χ1) is 12.4. The topological polar surface area (TPSA) is 55.1 Å². The zero-order valence-electron chi connectivity index (χ0n) is 14.6. The number of amides is 1. The van der Waals surface area contributed by atoms with Crippen LogP contribution < -0.4 is 11.1 Å². The molecule has 0 aliphatic heterocycles. The molecule has 0 radical (unpaired) electrons. The molecule has 1 aromatic carbocycles. The normalized spacial score (nSPS) is 16.0. The van der Waals surface area contributed by atoms with E-state index in [4.69, 9.17) is 5.73 Å². The molecule has 0 spiro atoms. The molecule has 0 bridgehead atoms. The fourth-order valence-electron chi connectivity index (χ4n) is 2.49. The average molecular weight is 356 g/mol. The van der Waals surface area contributed by atoms with Gasteiger partial charge >= 0.3 is 0 Å². The summed E-state index contributed by atoms with van der Waals surface area (Å²) in [6, 6.07) is 4.64. The first-order valence-corrected chi connectivity index (χ1v) is 8.26. The lowest BCUT2D eigenvalue weighted by Crippen LogP contribution is -2.35. The maximum Gasteiger partial charge on any atom is 0.241 e. The third-order valence-electron chi connectivity index (χ3n) is 4.17. The summed E-state index contributed by atoms with van der Waals surface area (Å²) in [7, 11) is 0. The van der Waals surface area contributed by atoms with Gasteiger partial charge in [0.15, 0.2) is 0 Å². The van der Waals surface area contributed by atoms with Crippen molar-refractivity contribution in [1.82, 2.24) is 5.32 Å². The lowest BCUT2D eigenvalue weighted by Gasteiger charge is -2.13. The fraction of sp³-hybridized carbons (Fsp3) is 0.190. The minimum Gasteiger partial charge on any atom is -0.350 e. The van der Waals surface area contributed by atoms with E-state index < -0.39 is 6.04 Å². The maximum absolute atomic E-state index is 13.7. The van der Waals surface area contributed by atoms with Gasteiger partial charge in [0, 0.05) is 6.54 Å². The smallest absolute Gasteiger partial charge is 0.241 e. The molecular weight excluding hydrogens is 334 g/mol. The number of carbonyl (C=O) groups excluding carboxylic acids is 1. The number of hydrogen-bond donors (Lipinski definition) is 2. The summed E-state index contributed by atoms with van der Waals surface area (Å²) in [6.07, 6.45) is 9.24. The van der Waals surface area contributed by atoms with Gasteiger partial charge in [-0.2, -0.15) is 0 Å². The van der Waals surface area contributed by atoms with Crippen LogP contribution in [-0.2, 0) is 4.79 Å². The Kier molecular flexibility index (Phi) is 6.81. The van der Waals surface area contributed by atoms with Crippen molar-refractivity contribution < 1.29 is 13.6 Å². The van der Waals surface area contributed by atoms with Crippen LogP contribution in [0, 0.1) is 5.82 Å². The SMILES string of the molecule is C=C/C(F)=C(\C)C1=CC=C(CNC(=O)[C@H](N)c2ccc(F)cc2)C=CC1. The Balaban J connectivity index is 2.01. The van der Waals surface area contributed by atoms with Gasteiger partial charge in [-0.05, 0) is 53.8 Å². The number of hydrogen-bond acceptors (Lipinski definition) is 2. The summed E-state index contributed by atoms with van der Waals surface area (Å²) in [5, 5.41) is 2.76. The molecule has 0 unspecified atom stereocenters. The predicted octanol–water partition coefficient (Wildman–Crippen LogP) is 4.18. The van der Waals surface area contributed by atoms with Crippen LogP contribution in [0.25, 0.3) is 0 Å². The molecule has 0 saturated heterocycles. The molecule has 0 fully saturated rings. The van der Waals surface area contributed by atoms with E-state index in [1.807, 2.05) is 24.3 Å². The maximum atomic E-state index is 13.7. The van der Waals surface area contributed by atoms with Gasteiger partial charge in [-0.25, -0.2) is 8.78 Å². The summed E-state index contributed by atoms with van der Waals surface area (Å²) in [6.45, 7) is 5.44. The van der Waals surface area contributed by atoms with Crippen molar-refractivity contribution in [3.63, 3.8) is 0 Å². The number of nitrogens with one attached hydrogen (secondary N) is 1. The van der Waals surface area contributed by atoms with Crippen molar-refractivity contribution >= 4 is 5.91 Å². The summed E-state index contributed by atoms with van der Waals surface area (Å²) >= 11 is 0. The standard InChI is InChI=1S/C21H22F2N2O/c1-3-19(23)14(2)16-6-4-5-15(7-8-16)13-25-21(26)20(24)17-9-11-18(22)12-10-17/h3-5,7-12,20H,1,6,13,24H2,2H3,(H,25,26)/b19-14-/t20-/m1/s1. The van der Waals surface area contributed by atoms with Crippen molar-refractivity contribution in [2.45, 2.75) is 19.4 Å². The highest BCUT2D eigenvalue weighted by Gasteiger charge is 2.15. The molecule has 1 aliphatic rings. The molecule has 1 aromatic rings. The minimum atomic E-state index is -0.871. The van der Waals surface area contributed by atoms with Crippen LogP contribution >= 0.6 is 0 Å². The Morgan fingerprint density at radius 3 is 2.69 bits per heavy atom. The Hall–Kier alpha value is -2.79. The number of carbonyl (C=O) groups is 1. The van der Waals surface area contributed by atoms with E-state index in [0.717, 1.165) is 11.1 Å². The van der Waals surface area contributed by atoms with Crippen LogP contribution in [0.5, 0.6) is 0 Å². The number of rotatable bonds is 6. The Bertz CT molecular complexity index is 802. The van der Waals surface area contributed by atoms with Gasteiger partial charge < -0.3 is 11.1 Å². The van der Waals surface area contributed by atoms with Crippen molar-refractivity contribution in [2.24, 2.45) is 5.73 Å². The molecule has 136 valence electrons. The quantitative estimate of drug-likeness (QED) is 0.751. The van der Waals surface area contributed by atoms with Crippen molar-refractivity contribution in [3.05, 3.63) is 95.2 Å². The van der Waals surface area contributed by atoms with Gasteiger partial charge in [0.05, 0.1) is 0 Å². The van der Waals surface area contributed by atoms with Crippen molar-refractivity contribution in [2.75, 3.05) is 6.54 Å². The molecule has 1 amide bonds. The van der Waals surface area contributed by atoms with Crippen LogP contribution in [0.15, 0.2) is 83.8 Å². The second-order valence-electron chi connectivity index (χ2n) is 5.96. The lowest BCUT2D eigenvalue weighted by molar-refractivity contribution is -0.122. The highest BCUT2D eigenvalue weighted by Crippen LogP contribution is 2.22. The molecule has 3 nitrogen and oxygen atoms in total. The van der Waals surface area contributed by atoms with E-state index in [-0.39, 0.29) is 17.6 Å². The predicted molar refractivity (Wildman–Crippen MR) is 100 cm³/mol. The second-order valence-corrected chi connectivity index (χ2v) is 5.96. The van der Waals surface area contributed by atoms with Crippen molar-refractivity contribution in [3.8, 4) is 0 Å². The van der Waals surface area contributed by atoms with Crippen LogP contribution in [0.1, 0.15) is 24.9 Å². The number of allylic oxidation sites excluding steroid dienone is 7. The van der Waals surface area contributed by atoms with E-state index in [2.05, 4.69) is 11.9 Å². The largest absolute Gasteiger partial charge is 0.350 e. The molecule has 26 heavy (non-hydrogen) atoms. The molecule has 1 atom stereocenters. The van der Waals surface area contributed by atoms with Gasteiger partial charge in [-0.1, -0.05) is 43.0 Å². The molecule has 0 aromatic heterocycles. The van der Waals surface area contributed by atoms with Crippen LogP contribution in [0.4, 0.5) is 8.78 Å². The van der Waals surface area contributed by atoms with E-state index in [9.17, 15) is 13.6 Å². The average Bonchev–Trinajstić information content (AvgIpc) is 2.90. The van der Waals surface area contributed by atoms with Crippen LogP contribution in [0.2, 0.25) is 0 Å². The van der Waals surface area contributed by atoms with Gasteiger partial charge in [0.25, 0.3) is 0 Å². The minimum absolute atomic E-state index is 0.292. The summed E-state index contributed by atoms with van der Waals surface area (Å²) < 4.78 is 26.6. The third-order valence-corrected chi connectivity index (χ3v) is 4.17. The summed E-state index contributed by atoms with van der Waals surface area (Å²) in [5.41, 5.74) is 8.71. The van der Waals surface area contributed by atoms with E-state index in [1.165, 1.54) is 30.3 Å². The third kappa shape index (κ3) is 5.10. The Morgan fingerprint density at radius 2 is 2.04 bits per heavy atom. The zero-order chi connectivity index (χ0) is 19.1. The first-order valence-electron chi connectivity index (χ1n) is 8.26. The zero-order valence-corrected chi connectivity index (χ0v) is 14.6. The van der Waals surface area contributed by atoms with Gasteiger partial charge in [-0.15, -0.1) is 0 Å². The Labute approximate surface area is 152 Å². The number of halogens is 2. The molecular formula is C21H22F2N2O. The highest BCUT2D eigenvalue weighted by atomic mass is 19.1. The molecule has 0 saturated carbocycles. The molecule has 5 heteroatoms. The second kappa shape index (κ2) is 9.06. The van der Waals surface area contributed by atoms with Gasteiger partial charge in [0.2, 0.25) is 5.91 Å². The molecule has 0 heterocycles. The summed E-state index contributed by atoms with van der Waals surface area (Å²) in [4.78, 5) is 12.2. The molecule has 2 rings (SSSR count).